The molecule has 0 aliphatic heterocycles. The van der Waals surface area contributed by atoms with Crippen molar-refractivity contribution in [2.45, 2.75) is 135 Å². The number of hydrogen-bond donors (Lipinski definition) is 0. The van der Waals surface area contributed by atoms with Crippen molar-refractivity contribution in [3.8, 4) is 0 Å². The van der Waals surface area contributed by atoms with Crippen LogP contribution in [0, 0.1) is 11.8 Å². The quantitative estimate of drug-likeness (QED) is 0.138. The first kappa shape index (κ1) is 30.5. The van der Waals surface area contributed by atoms with Crippen molar-refractivity contribution in [1.29, 1.82) is 0 Å². The van der Waals surface area contributed by atoms with E-state index in [2.05, 4.69) is 86.5 Å². The van der Waals surface area contributed by atoms with Gasteiger partial charge in [-0.3, -0.25) is 4.79 Å². The average molecular weight is 495 g/mol. The molecule has 0 amide bonds. The summed E-state index contributed by atoms with van der Waals surface area (Å²) in [5.41, 5.74) is -0.518. The van der Waals surface area contributed by atoms with Crippen molar-refractivity contribution >= 4 is 22.4 Å². The number of unbranched alkanes of at least 4 members (excludes halogenated alkanes) is 2. The highest BCUT2D eigenvalue weighted by Gasteiger charge is 2.49. The van der Waals surface area contributed by atoms with Crippen LogP contribution in [0.2, 0.25) is 37.3 Å². The lowest BCUT2D eigenvalue weighted by molar-refractivity contribution is -0.122. The topological polar surface area (TPSA) is 35.5 Å². The molecule has 0 bridgehead atoms. The van der Waals surface area contributed by atoms with E-state index in [1.54, 1.807) is 0 Å². The molecule has 0 radical (unpaired) electrons. The number of ketones is 1. The molecule has 0 heterocycles. The number of rotatable bonds is 14. The van der Waals surface area contributed by atoms with Gasteiger partial charge in [-0.25, -0.2) is 0 Å². The molecule has 1 aliphatic rings. The molecule has 0 spiro atoms. The molecule has 0 N–H and O–H groups in total. The summed E-state index contributed by atoms with van der Waals surface area (Å²) in [6.07, 6.45) is 13.2. The lowest BCUT2D eigenvalue weighted by atomic mass is 9.87. The Morgan fingerprint density at radius 2 is 1.82 bits per heavy atom. The van der Waals surface area contributed by atoms with Gasteiger partial charge >= 0.3 is 0 Å². The van der Waals surface area contributed by atoms with Crippen LogP contribution in [-0.4, -0.2) is 34.1 Å². The van der Waals surface area contributed by atoms with Gasteiger partial charge in [-0.05, 0) is 62.5 Å². The zero-order valence-corrected chi connectivity index (χ0v) is 25.6. The standard InChI is InChI=1S/C28H54O3Si2/c1-12-14-15-17-24(30-33(10,11)27(5,6)7)18-20-28(31-32(8,9)22-23(3)4)21-19-26(29)25(28)16-13-2/h13,18,20,23-25H,2,12,14-17,19,21-22H2,1,3-11H3/b20-18+/t24-,25?,28?/m0/s1. The lowest BCUT2D eigenvalue weighted by Crippen LogP contribution is -2.47. The summed E-state index contributed by atoms with van der Waals surface area (Å²) >= 11 is 0. The Kier molecular flexibility index (Phi) is 11.5. The van der Waals surface area contributed by atoms with Gasteiger partial charge in [0.15, 0.2) is 16.6 Å². The molecule has 192 valence electrons. The molecule has 0 aromatic carbocycles. The smallest absolute Gasteiger partial charge is 0.192 e. The molecule has 1 rings (SSSR count). The minimum atomic E-state index is -1.95. The second-order valence-corrected chi connectivity index (χ2v) is 21.6. The van der Waals surface area contributed by atoms with E-state index in [-0.39, 0.29) is 17.1 Å². The molecule has 3 nitrogen and oxygen atoms in total. The number of carbonyl (C=O) groups excluding carboxylic acids is 1. The fourth-order valence-electron chi connectivity index (χ4n) is 4.95. The van der Waals surface area contributed by atoms with E-state index >= 15 is 0 Å². The zero-order valence-electron chi connectivity index (χ0n) is 23.6. The molecular weight excluding hydrogens is 440 g/mol. The first-order valence-electron chi connectivity index (χ1n) is 13.3. The molecule has 0 aromatic heterocycles. The molecule has 1 aliphatic carbocycles. The minimum Gasteiger partial charge on any atom is -0.411 e. The van der Waals surface area contributed by atoms with Gasteiger partial charge < -0.3 is 8.85 Å². The molecule has 0 saturated heterocycles. The van der Waals surface area contributed by atoms with E-state index in [4.69, 9.17) is 8.85 Å². The number of allylic oxidation sites excluding steroid dienone is 1. The maximum absolute atomic E-state index is 12.9. The molecule has 3 atom stereocenters. The van der Waals surface area contributed by atoms with Gasteiger partial charge in [0.2, 0.25) is 0 Å². The molecule has 0 aromatic rings. The van der Waals surface area contributed by atoms with Crippen LogP contribution in [0.1, 0.15) is 86.5 Å². The number of carbonyl (C=O) groups is 1. The van der Waals surface area contributed by atoms with Crippen LogP contribution in [0.5, 0.6) is 0 Å². The van der Waals surface area contributed by atoms with Crippen LogP contribution in [0.15, 0.2) is 24.8 Å². The van der Waals surface area contributed by atoms with Gasteiger partial charge in [0.05, 0.1) is 17.6 Å². The Balaban J connectivity index is 3.32. The normalized spacial score (nSPS) is 23.6. The summed E-state index contributed by atoms with van der Waals surface area (Å²) < 4.78 is 13.9. The van der Waals surface area contributed by atoms with Crippen LogP contribution >= 0.6 is 0 Å². The Bertz CT molecular complexity index is 661. The molecular formula is C28H54O3Si2. The van der Waals surface area contributed by atoms with Crippen molar-refractivity contribution in [2.75, 3.05) is 0 Å². The predicted molar refractivity (Wildman–Crippen MR) is 149 cm³/mol. The maximum Gasteiger partial charge on any atom is 0.192 e. The average Bonchev–Trinajstić information content (AvgIpc) is 2.94. The van der Waals surface area contributed by atoms with E-state index in [9.17, 15) is 4.79 Å². The minimum absolute atomic E-state index is 0.0767. The Labute approximate surface area is 208 Å². The van der Waals surface area contributed by atoms with Gasteiger partial charge in [-0.15, -0.1) is 6.58 Å². The van der Waals surface area contributed by atoms with Crippen molar-refractivity contribution in [2.24, 2.45) is 11.8 Å². The van der Waals surface area contributed by atoms with Crippen LogP contribution in [0.4, 0.5) is 0 Å². The zero-order chi connectivity index (χ0) is 25.5. The SMILES string of the molecule is C=CCC1C(=O)CCC1(/C=C/[C@H](CCCCC)O[Si](C)(C)C(C)(C)C)O[Si](C)(C)CC(C)C. The van der Waals surface area contributed by atoms with E-state index in [1.807, 2.05) is 6.08 Å². The van der Waals surface area contributed by atoms with Crippen LogP contribution in [-0.2, 0) is 13.6 Å². The number of hydrogen-bond acceptors (Lipinski definition) is 3. The van der Waals surface area contributed by atoms with Gasteiger partial charge in [-0.1, -0.05) is 79.0 Å². The predicted octanol–water partition coefficient (Wildman–Crippen LogP) is 8.69. The first-order valence-corrected chi connectivity index (χ1v) is 19.3. The third-order valence-electron chi connectivity index (χ3n) is 7.45. The molecule has 2 unspecified atom stereocenters. The Morgan fingerprint density at radius 1 is 1.18 bits per heavy atom. The summed E-state index contributed by atoms with van der Waals surface area (Å²) in [5.74, 6) is 0.780. The second kappa shape index (κ2) is 12.5. The Hall–Kier alpha value is -0.496. The first-order chi connectivity index (χ1) is 15.1. The monoisotopic (exact) mass is 494 g/mol. The third kappa shape index (κ3) is 9.23. The fourth-order valence-corrected chi connectivity index (χ4v) is 9.65. The highest BCUT2D eigenvalue weighted by molar-refractivity contribution is 6.74. The van der Waals surface area contributed by atoms with Gasteiger partial charge in [0.25, 0.3) is 0 Å². The molecule has 5 heteroatoms. The van der Waals surface area contributed by atoms with Gasteiger partial charge in [0, 0.05) is 6.42 Å². The largest absolute Gasteiger partial charge is 0.411 e. The summed E-state index contributed by atoms with van der Waals surface area (Å²) in [4.78, 5) is 12.9. The third-order valence-corrected chi connectivity index (χ3v) is 14.7. The van der Waals surface area contributed by atoms with E-state index < -0.39 is 22.2 Å². The van der Waals surface area contributed by atoms with E-state index in [1.165, 1.54) is 12.8 Å². The molecule has 1 saturated carbocycles. The second-order valence-electron chi connectivity index (χ2n) is 12.7. The van der Waals surface area contributed by atoms with E-state index in [0.717, 1.165) is 25.3 Å². The molecule has 1 fully saturated rings. The lowest BCUT2D eigenvalue weighted by Gasteiger charge is -2.41. The van der Waals surface area contributed by atoms with Gasteiger partial charge in [-0.2, -0.15) is 0 Å². The van der Waals surface area contributed by atoms with E-state index in [0.29, 0.717) is 24.5 Å². The summed E-state index contributed by atoms with van der Waals surface area (Å²) in [5, 5.41) is 0.166. The summed E-state index contributed by atoms with van der Waals surface area (Å²) in [6.45, 7) is 26.9. The van der Waals surface area contributed by atoms with Crippen molar-refractivity contribution in [1.82, 2.24) is 0 Å². The maximum atomic E-state index is 12.9. The highest BCUT2D eigenvalue weighted by Crippen LogP contribution is 2.44. The fraction of sp³-hybridized carbons (Fsp3) is 0.821. The molecule has 33 heavy (non-hydrogen) atoms. The van der Waals surface area contributed by atoms with Crippen molar-refractivity contribution in [3.63, 3.8) is 0 Å². The van der Waals surface area contributed by atoms with Crippen LogP contribution in [0.25, 0.3) is 0 Å². The summed E-state index contributed by atoms with van der Waals surface area (Å²) in [7, 11) is -3.86. The number of Topliss-reactive ketones (excluding diaryl/α,β-unsaturated/α-hetero) is 1. The highest BCUT2D eigenvalue weighted by atomic mass is 28.4. The summed E-state index contributed by atoms with van der Waals surface area (Å²) in [6, 6.07) is 1.10. The Morgan fingerprint density at radius 3 is 2.33 bits per heavy atom. The van der Waals surface area contributed by atoms with Gasteiger partial charge in [0.1, 0.15) is 5.78 Å². The van der Waals surface area contributed by atoms with Crippen LogP contribution < -0.4 is 0 Å². The van der Waals surface area contributed by atoms with Crippen LogP contribution in [0.3, 0.4) is 0 Å². The van der Waals surface area contributed by atoms with Crippen molar-refractivity contribution < 1.29 is 13.6 Å². The van der Waals surface area contributed by atoms with Crippen molar-refractivity contribution in [3.05, 3.63) is 24.8 Å².